The maximum absolute atomic E-state index is 12.4. The molecular weight excluding hydrogens is 413 g/mol. The molecule has 0 bridgehead atoms. The zero-order valence-corrected chi connectivity index (χ0v) is 17.1. The van der Waals surface area contributed by atoms with E-state index in [1.54, 1.807) is 30.3 Å². The number of alkyl halides is 3. The Morgan fingerprint density at radius 3 is 2.32 bits per heavy atom. The number of likely N-dealkylation sites (N-methyl/N-ethyl adjacent to an activating group) is 1. The molecule has 0 unspecified atom stereocenters. The van der Waals surface area contributed by atoms with Gasteiger partial charge in [0.05, 0.1) is 24.1 Å². The third-order valence-corrected chi connectivity index (χ3v) is 4.25. The van der Waals surface area contributed by atoms with Crippen LogP contribution in [0.25, 0.3) is 22.0 Å². The minimum absolute atomic E-state index is 0.0810. The van der Waals surface area contributed by atoms with Crippen molar-refractivity contribution in [3.63, 3.8) is 0 Å². The second kappa shape index (κ2) is 9.80. The lowest BCUT2D eigenvalue weighted by atomic mass is 10.0. The van der Waals surface area contributed by atoms with Gasteiger partial charge in [-0.25, -0.2) is 4.98 Å². The zero-order chi connectivity index (χ0) is 22.4. The predicted octanol–water partition coefficient (Wildman–Crippen LogP) is 3.73. The van der Waals surface area contributed by atoms with Crippen molar-refractivity contribution in [2.75, 3.05) is 46.2 Å². The Balaban J connectivity index is 1.76. The van der Waals surface area contributed by atoms with Crippen LogP contribution in [0.4, 0.5) is 19.1 Å². The van der Waals surface area contributed by atoms with Crippen LogP contribution in [0, 0.1) is 0 Å². The fourth-order valence-electron chi connectivity index (χ4n) is 2.80. The molecule has 7 nitrogen and oxygen atoms in total. The van der Waals surface area contributed by atoms with Gasteiger partial charge >= 0.3 is 6.36 Å². The van der Waals surface area contributed by atoms with Crippen molar-refractivity contribution in [1.29, 1.82) is 0 Å². The number of nitrogen functional groups attached to an aromatic ring is 1. The Morgan fingerprint density at radius 2 is 1.65 bits per heavy atom. The minimum Gasteiger partial charge on any atom is -0.475 e. The second-order valence-electron chi connectivity index (χ2n) is 6.96. The van der Waals surface area contributed by atoms with E-state index < -0.39 is 6.36 Å². The average Bonchev–Trinajstić information content (AvgIpc) is 2.69. The largest absolute Gasteiger partial charge is 0.573 e. The number of benzene rings is 2. The summed E-state index contributed by atoms with van der Waals surface area (Å²) in [6.45, 7) is 2.06. The standard InChI is InChI=1S/C21H23F3N4O3/c1-28(2)9-10-29-11-12-30-19-17-13-15(5-8-18(17)26-20(25)27-19)14-3-6-16(7-4-14)31-21(22,23)24/h3-8,13H,9-12H2,1-2H3,(H2,25,26,27). The fourth-order valence-corrected chi connectivity index (χ4v) is 2.80. The molecule has 0 amide bonds. The van der Waals surface area contributed by atoms with Crippen molar-refractivity contribution in [3.8, 4) is 22.8 Å². The number of nitrogens with zero attached hydrogens (tertiary/aromatic N) is 3. The summed E-state index contributed by atoms with van der Waals surface area (Å²) in [6, 6.07) is 10.9. The van der Waals surface area contributed by atoms with Gasteiger partial charge in [-0.3, -0.25) is 0 Å². The van der Waals surface area contributed by atoms with Crippen LogP contribution in [-0.4, -0.2) is 61.7 Å². The lowest BCUT2D eigenvalue weighted by Gasteiger charge is -2.12. The van der Waals surface area contributed by atoms with E-state index in [4.69, 9.17) is 15.2 Å². The molecule has 1 aromatic heterocycles. The van der Waals surface area contributed by atoms with Crippen LogP contribution in [-0.2, 0) is 4.74 Å². The van der Waals surface area contributed by atoms with Crippen molar-refractivity contribution >= 4 is 16.9 Å². The third-order valence-electron chi connectivity index (χ3n) is 4.25. The van der Waals surface area contributed by atoms with Gasteiger partial charge in [0.15, 0.2) is 0 Å². The Bertz CT molecular complexity index is 1010. The van der Waals surface area contributed by atoms with Gasteiger partial charge in [0.2, 0.25) is 11.8 Å². The van der Waals surface area contributed by atoms with E-state index in [0.717, 1.165) is 12.1 Å². The minimum atomic E-state index is -4.73. The van der Waals surface area contributed by atoms with Crippen LogP contribution in [0.3, 0.4) is 0 Å². The van der Waals surface area contributed by atoms with Crippen LogP contribution in [0.1, 0.15) is 0 Å². The highest BCUT2D eigenvalue weighted by Gasteiger charge is 2.30. The van der Waals surface area contributed by atoms with Crippen molar-refractivity contribution < 1.29 is 27.4 Å². The monoisotopic (exact) mass is 436 g/mol. The molecule has 0 spiro atoms. The summed E-state index contributed by atoms with van der Waals surface area (Å²) in [7, 11) is 3.92. The molecule has 0 saturated carbocycles. The number of halogens is 3. The van der Waals surface area contributed by atoms with E-state index in [0.29, 0.717) is 35.6 Å². The van der Waals surface area contributed by atoms with Gasteiger partial charge in [-0.2, -0.15) is 4.98 Å². The number of fused-ring (bicyclic) bond motifs is 1. The number of ether oxygens (including phenoxy) is 3. The van der Waals surface area contributed by atoms with Gasteiger partial charge in [-0.05, 0) is 49.5 Å². The van der Waals surface area contributed by atoms with E-state index in [1.807, 2.05) is 19.0 Å². The molecule has 0 aliphatic heterocycles. The summed E-state index contributed by atoms with van der Waals surface area (Å²) in [5.41, 5.74) is 7.83. The first kappa shape index (κ1) is 22.6. The molecule has 2 aromatic carbocycles. The van der Waals surface area contributed by atoms with Gasteiger partial charge in [-0.15, -0.1) is 13.2 Å². The van der Waals surface area contributed by atoms with Crippen molar-refractivity contribution in [3.05, 3.63) is 42.5 Å². The topological polar surface area (TPSA) is 82.7 Å². The summed E-state index contributed by atoms with van der Waals surface area (Å²) in [5, 5.41) is 0.635. The molecule has 3 rings (SSSR count). The Morgan fingerprint density at radius 1 is 0.935 bits per heavy atom. The maximum atomic E-state index is 12.4. The molecule has 0 aliphatic rings. The Hall–Kier alpha value is -3.11. The summed E-state index contributed by atoms with van der Waals surface area (Å²) in [6.07, 6.45) is -4.73. The number of aromatic nitrogens is 2. The molecule has 10 heteroatoms. The van der Waals surface area contributed by atoms with Gasteiger partial charge in [0.1, 0.15) is 12.4 Å². The van der Waals surface area contributed by atoms with E-state index in [9.17, 15) is 13.2 Å². The molecule has 0 atom stereocenters. The highest BCUT2D eigenvalue weighted by atomic mass is 19.4. The lowest BCUT2D eigenvalue weighted by Crippen LogP contribution is -2.19. The van der Waals surface area contributed by atoms with E-state index in [-0.39, 0.29) is 18.3 Å². The summed E-state index contributed by atoms with van der Waals surface area (Å²) >= 11 is 0. The van der Waals surface area contributed by atoms with Crippen molar-refractivity contribution in [1.82, 2.24) is 14.9 Å². The van der Waals surface area contributed by atoms with Crippen molar-refractivity contribution in [2.24, 2.45) is 0 Å². The molecule has 1 heterocycles. The van der Waals surface area contributed by atoms with E-state index in [2.05, 4.69) is 14.7 Å². The van der Waals surface area contributed by atoms with Crippen LogP contribution in [0.5, 0.6) is 11.6 Å². The fraction of sp³-hybridized carbons (Fsp3) is 0.333. The molecule has 2 N–H and O–H groups in total. The van der Waals surface area contributed by atoms with Crippen LogP contribution < -0.4 is 15.2 Å². The van der Waals surface area contributed by atoms with Crippen LogP contribution in [0.15, 0.2) is 42.5 Å². The zero-order valence-electron chi connectivity index (χ0n) is 17.1. The number of anilines is 1. The molecule has 0 saturated heterocycles. The molecule has 31 heavy (non-hydrogen) atoms. The van der Waals surface area contributed by atoms with Gasteiger partial charge < -0.3 is 24.8 Å². The molecule has 3 aromatic rings. The third kappa shape index (κ3) is 6.69. The summed E-state index contributed by atoms with van der Waals surface area (Å²) < 4.78 is 52.2. The van der Waals surface area contributed by atoms with Crippen LogP contribution in [0.2, 0.25) is 0 Å². The first-order chi connectivity index (χ1) is 14.7. The number of nitrogens with two attached hydrogens (primary N) is 1. The number of hydrogen-bond acceptors (Lipinski definition) is 7. The van der Waals surface area contributed by atoms with E-state index in [1.165, 1.54) is 12.1 Å². The highest BCUT2D eigenvalue weighted by molar-refractivity contribution is 5.89. The summed E-state index contributed by atoms with van der Waals surface area (Å²) in [5.74, 6) is 0.112. The van der Waals surface area contributed by atoms with E-state index >= 15 is 0 Å². The second-order valence-corrected chi connectivity index (χ2v) is 6.96. The van der Waals surface area contributed by atoms with Gasteiger partial charge in [-0.1, -0.05) is 18.2 Å². The number of rotatable bonds is 9. The van der Waals surface area contributed by atoms with Crippen molar-refractivity contribution in [2.45, 2.75) is 6.36 Å². The van der Waals surface area contributed by atoms with Gasteiger partial charge in [0, 0.05) is 6.54 Å². The van der Waals surface area contributed by atoms with Crippen LogP contribution >= 0.6 is 0 Å². The highest BCUT2D eigenvalue weighted by Crippen LogP contribution is 2.31. The normalized spacial score (nSPS) is 11.8. The first-order valence-electron chi connectivity index (χ1n) is 9.50. The molecule has 0 aliphatic carbocycles. The molecular formula is C21H23F3N4O3. The number of hydrogen-bond donors (Lipinski definition) is 1. The predicted molar refractivity (Wildman–Crippen MR) is 111 cm³/mol. The smallest absolute Gasteiger partial charge is 0.475 e. The Kier molecular flexibility index (Phi) is 7.13. The SMILES string of the molecule is CN(C)CCOCCOc1nc(N)nc2ccc(-c3ccc(OC(F)(F)F)cc3)cc12. The maximum Gasteiger partial charge on any atom is 0.573 e. The Labute approximate surface area is 177 Å². The average molecular weight is 436 g/mol. The molecule has 0 radical (unpaired) electrons. The lowest BCUT2D eigenvalue weighted by molar-refractivity contribution is -0.274. The molecule has 0 fully saturated rings. The van der Waals surface area contributed by atoms with Gasteiger partial charge in [0.25, 0.3) is 0 Å². The molecule has 166 valence electrons. The quantitative estimate of drug-likeness (QED) is 0.512. The summed E-state index contributed by atoms with van der Waals surface area (Å²) in [4.78, 5) is 10.4. The first-order valence-corrected chi connectivity index (χ1v) is 9.50.